The molecule has 0 aliphatic rings. The van der Waals surface area contributed by atoms with Gasteiger partial charge in [-0.1, -0.05) is 41.9 Å². The first-order chi connectivity index (χ1) is 14.0. The zero-order valence-electron chi connectivity index (χ0n) is 15.4. The second kappa shape index (κ2) is 9.07. The van der Waals surface area contributed by atoms with Gasteiger partial charge in [-0.05, 0) is 35.9 Å². The van der Waals surface area contributed by atoms with Gasteiger partial charge in [-0.2, -0.15) is 0 Å². The summed E-state index contributed by atoms with van der Waals surface area (Å²) in [7, 11) is 1.25. The molecule has 29 heavy (non-hydrogen) atoms. The molecule has 0 aromatic heterocycles. The van der Waals surface area contributed by atoms with Gasteiger partial charge in [0.2, 0.25) is 0 Å². The number of nitro benzene ring substituents is 1. The number of nitrogens with zero attached hydrogens (tertiary/aromatic N) is 1. The Morgan fingerprint density at radius 2 is 1.83 bits per heavy atom. The third-order valence-electron chi connectivity index (χ3n) is 4.07. The first-order valence-electron chi connectivity index (χ1n) is 8.58. The highest BCUT2D eigenvalue weighted by Gasteiger charge is 2.19. The molecule has 3 rings (SSSR count). The normalized spacial score (nSPS) is 10.3. The predicted octanol–water partition coefficient (Wildman–Crippen LogP) is 5.36. The predicted molar refractivity (Wildman–Crippen MR) is 110 cm³/mol. The van der Waals surface area contributed by atoms with E-state index in [2.05, 4.69) is 5.32 Å². The molecule has 0 spiro atoms. The second-order valence-corrected chi connectivity index (χ2v) is 6.45. The molecule has 0 saturated carbocycles. The number of rotatable bonds is 7. The fourth-order valence-electron chi connectivity index (χ4n) is 2.65. The highest BCUT2D eigenvalue weighted by Crippen LogP contribution is 2.34. The van der Waals surface area contributed by atoms with Crippen LogP contribution in [0.5, 0.6) is 5.75 Å². The molecule has 0 bridgehead atoms. The molecule has 0 amide bonds. The van der Waals surface area contributed by atoms with E-state index in [1.54, 1.807) is 6.07 Å². The number of anilines is 2. The summed E-state index contributed by atoms with van der Waals surface area (Å²) >= 11 is 6.01. The number of carbonyl (C=O) groups is 1. The van der Waals surface area contributed by atoms with E-state index in [9.17, 15) is 14.9 Å². The molecule has 1 N–H and O–H groups in total. The SMILES string of the molecule is COC(=O)c1ccc(Cl)cc1Nc1ccc(OCc2ccccc2)cc1[N+](=O)[O-]. The van der Waals surface area contributed by atoms with E-state index in [1.807, 2.05) is 30.3 Å². The Kier molecular flexibility index (Phi) is 6.31. The molecule has 0 atom stereocenters. The Morgan fingerprint density at radius 1 is 1.07 bits per heavy atom. The molecule has 7 nitrogen and oxygen atoms in total. The minimum absolute atomic E-state index is 0.189. The van der Waals surface area contributed by atoms with Crippen molar-refractivity contribution in [1.29, 1.82) is 0 Å². The Balaban J connectivity index is 1.87. The van der Waals surface area contributed by atoms with E-state index in [4.69, 9.17) is 21.1 Å². The lowest BCUT2D eigenvalue weighted by Gasteiger charge is -2.13. The maximum atomic E-state index is 12.0. The largest absolute Gasteiger partial charge is 0.489 e. The Labute approximate surface area is 172 Å². The van der Waals surface area contributed by atoms with Crippen molar-refractivity contribution in [3.8, 4) is 5.75 Å². The van der Waals surface area contributed by atoms with Crippen LogP contribution in [0.15, 0.2) is 66.7 Å². The molecule has 8 heteroatoms. The van der Waals surface area contributed by atoms with E-state index in [-0.39, 0.29) is 23.5 Å². The zero-order chi connectivity index (χ0) is 20.8. The summed E-state index contributed by atoms with van der Waals surface area (Å²) in [4.78, 5) is 23.0. The van der Waals surface area contributed by atoms with Crippen LogP contribution in [0.25, 0.3) is 0 Å². The number of hydrogen-bond donors (Lipinski definition) is 1. The van der Waals surface area contributed by atoms with Crippen molar-refractivity contribution < 1.29 is 19.2 Å². The molecule has 3 aromatic rings. The first kappa shape index (κ1) is 20.2. The standard InChI is InChI=1S/C21H17ClN2O5/c1-28-21(25)17-9-7-15(22)11-19(17)23-18-10-8-16(12-20(18)24(26)27)29-13-14-5-3-2-4-6-14/h2-12,23H,13H2,1H3. The van der Waals surface area contributed by atoms with Crippen LogP contribution in [-0.4, -0.2) is 18.0 Å². The summed E-state index contributed by atoms with van der Waals surface area (Å²) < 4.78 is 10.4. The van der Waals surface area contributed by atoms with Crippen molar-refractivity contribution in [2.75, 3.05) is 12.4 Å². The van der Waals surface area contributed by atoms with Gasteiger partial charge >= 0.3 is 5.97 Å². The maximum Gasteiger partial charge on any atom is 0.339 e. The van der Waals surface area contributed by atoms with Crippen molar-refractivity contribution in [1.82, 2.24) is 0 Å². The molecule has 0 saturated heterocycles. The van der Waals surface area contributed by atoms with Gasteiger partial charge in [-0.3, -0.25) is 10.1 Å². The average molecular weight is 413 g/mol. The van der Waals surface area contributed by atoms with Crippen LogP contribution in [0.3, 0.4) is 0 Å². The highest BCUT2D eigenvalue weighted by atomic mass is 35.5. The van der Waals surface area contributed by atoms with E-state index in [0.29, 0.717) is 16.5 Å². The molecular weight excluding hydrogens is 396 g/mol. The van der Waals surface area contributed by atoms with Crippen LogP contribution in [-0.2, 0) is 11.3 Å². The minimum Gasteiger partial charge on any atom is -0.489 e. The van der Waals surface area contributed by atoms with Gasteiger partial charge in [0.05, 0.1) is 29.4 Å². The summed E-state index contributed by atoms with van der Waals surface area (Å²) in [6.45, 7) is 0.283. The molecule has 0 unspecified atom stereocenters. The van der Waals surface area contributed by atoms with Crippen LogP contribution in [0.4, 0.5) is 17.1 Å². The van der Waals surface area contributed by atoms with E-state index >= 15 is 0 Å². The van der Waals surface area contributed by atoms with Crippen molar-refractivity contribution in [2.24, 2.45) is 0 Å². The van der Waals surface area contributed by atoms with Crippen LogP contribution in [0.2, 0.25) is 5.02 Å². The van der Waals surface area contributed by atoms with Gasteiger partial charge in [0.25, 0.3) is 5.69 Å². The summed E-state index contributed by atoms with van der Waals surface area (Å²) in [5, 5.41) is 14.8. The number of carbonyl (C=O) groups excluding carboxylic acids is 1. The lowest BCUT2D eigenvalue weighted by Crippen LogP contribution is -2.06. The van der Waals surface area contributed by atoms with Gasteiger partial charge < -0.3 is 14.8 Å². The molecule has 0 fully saturated rings. The van der Waals surface area contributed by atoms with Gasteiger partial charge in [-0.25, -0.2) is 4.79 Å². The van der Waals surface area contributed by atoms with Crippen molar-refractivity contribution in [2.45, 2.75) is 6.61 Å². The molecule has 0 aliphatic carbocycles. The topological polar surface area (TPSA) is 90.7 Å². The van der Waals surface area contributed by atoms with Gasteiger partial charge in [0.15, 0.2) is 0 Å². The monoisotopic (exact) mass is 412 g/mol. The van der Waals surface area contributed by atoms with E-state index < -0.39 is 10.9 Å². The van der Waals surface area contributed by atoms with Crippen LogP contribution in [0, 0.1) is 10.1 Å². The van der Waals surface area contributed by atoms with Crippen LogP contribution >= 0.6 is 11.6 Å². The van der Waals surface area contributed by atoms with Gasteiger partial charge in [0.1, 0.15) is 18.0 Å². The number of halogens is 1. The summed E-state index contributed by atoms with van der Waals surface area (Å²) in [6.07, 6.45) is 0. The lowest BCUT2D eigenvalue weighted by molar-refractivity contribution is -0.384. The summed E-state index contributed by atoms with van der Waals surface area (Å²) in [5.74, 6) is -0.236. The molecular formula is C21H17ClN2O5. The second-order valence-electron chi connectivity index (χ2n) is 6.02. The average Bonchev–Trinajstić information content (AvgIpc) is 2.73. The summed E-state index contributed by atoms with van der Waals surface area (Å²) in [5.41, 5.74) is 1.43. The molecule has 3 aromatic carbocycles. The number of methoxy groups -OCH3 is 1. The zero-order valence-corrected chi connectivity index (χ0v) is 16.2. The lowest BCUT2D eigenvalue weighted by atomic mass is 10.1. The molecule has 148 valence electrons. The fourth-order valence-corrected chi connectivity index (χ4v) is 2.82. The van der Waals surface area contributed by atoms with Crippen LogP contribution < -0.4 is 10.1 Å². The first-order valence-corrected chi connectivity index (χ1v) is 8.96. The van der Waals surface area contributed by atoms with E-state index in [1.165, 1.54) is 37.4 Å². The quantitative estimate of drug-likeness (QED) is 0.319. The Bertz CT molecular complexity index is 1040. The van der Waals surface area contributed by atoms with Crippen molar-refractivity contribution in [3.63, 3.8) is 0 Å². The maximum absolute atomic E-state index is 12.0. The highest BCUT2D eigenvalue weighted by molar-refractivity contribution is 6.31. The third-order valence-corrected chi connectivity index (χ3v) is 4.31. The summed E-state index contributed by atoms with van der Waals surface area (Å²) in [6, 6.07) is 18.4. The number of nitrogens with one attached hydrogen (secondary N) is 1. The Morgan fingerprint density at radius 3 is 2.52 bits per heavy atom. The van der Waals surface area contributed by atoms with Crippen LogP contribution in [0.1, 0.15) is 15.9 Å². The van der Waals surface area contributed by atoms with Gasteiger partial charge in [0, 0.05) is 5.02 Å². The van der Waals surface area contributed by atoms with Crippen molar-refractivity contribution in [3.05, 3.63) is 93.0 Å². The molecule has 0 aliphatic heterocycles. The minimum atomic E-state index is -0.588. The number of esters is 1. The molecule has 0 radical (unpaired) electrons. The number of ether oxygens (including phenoxy) is 2. The fraction of sp³-hybridized carbons (Fsp3) is 0.0952. The smallest absolute Gasteiger partial charge is 0.339 e. The molecule has 0 heterocycles. The number of nitro groups is 1. The third kappa shape index (κ3) is 5.03. The number of hydrogen-bond acceptors (Lipinski definition) is 6. The van der Waals surface area contributed by atoms with Crippen molar-refractivity contribution >= 4 is 34.6 Å². The van der Waals surface area contributed by atoms with E-state index in [0.717, 1.165) is 5.56 Å². The van der Waals surface area contributed by atoms with Gasteiger partial charge in [-0.15, -0.1) is 0 Å². The Hall–Kier alpha value is -3.58. The number of benzene rings is 3.